The molecular weight excluding hydrogens is 224 g/mol. The summed E-state index contributed by atoms with van der Waals surface area (Å²) in [6, 6.07) is 0. The van der Waals surface area contributed by atoms with Crippen LogP contribution in [0.3, 0.4) is 0 Å². The van der Waals surface area contributed by atoms with Crippen LogP contribution in [0.15, 0.2) is 21.5 Å². The molecule has 94 valence electrons. The predicted molar refractivity (Wildman–Crippen MR) is 60.4 cm³/mol. The number of carbonyl (C=O) groups excluding carboxylic acids is 1. The van der Waals surface area contributed by atoms with E-state index < -0.39 is 5.76 Å². The van der Waals surface area contributed by atoms with Crippen LogP contribution >= 0.6 is 0 Å². The highest BCUT2D eigenvalue weighted by molar-refractivity contribution is 5.71. The van der Waals surface area contributed by atoms with E-state index in [0.29, 0.717) is 18.8 Å². The molecule has 1 aromatic rings. The van der Waals surface area contributed by atoms with E-state index in [0.717, 1.165) is 0 Å². The third-order valence-corrected chi connectivity index (χ3v) is 2.41. The first kappa shape index (κ1) is 13.2. The van der Waals surface area contributed by atoms with Crippen LogP contribution in [0.5, 0.6) is 0 Å². The minimum absolute atomic E-state index is 0.184. The number of aromatic nitrogens is 2. The highest BCUT2D eigenvalue weighted by Gasteiger charge is 2.10. The Morgan fingerprint density at radius 3 is 2.82 bits per heavy atom. The number of esters is 1. The molecule has 0 radical (unpaired) electrons. The summed E-state index contributed by atoms with van der Waals surface area (Å²) in [6.45, 7) is 3.87. The minimum atomic E-state index is -0.479. The smallest absolute Gasteiger partial charge is 0.441 e. The van der Waals surface area contributed by atoms with E-state index in [2.05, 4.69) is 14.4 Å². The van der Waals surface area contributed by atoms with Gasteiger partial charge in [0.25, 0.3) is 0 Å². The molecule has 1 aromatic heterocycles. The molecule has 0 aromatic carbocycles. The Balaban J connectivity index is 2.47. The number of aryl methyl sites for hydroxylation is 1. The molecule has 0 aliphatic rings. The van der Waals surface area contributed by atoms with Crippen LogP contribution in [0.2, 0.25) is 0 Å². The first-order chi connectivity index (χ1) is 8.06. The van der Waals surface area contributed by atoms with E-state index in [1.165, 1.54) is 11.7 Å². The van der Waals surface area contributed by atoms with E-state index >= 15 is 0 Å². The third kappa shape index (κ3) is 3.58. The number of hydrogen-bond donors (Lipinski definition) is 0. The van der Waals surface area contributed by atoms with Gasteiger partial charge in [0.1, 0.15) is 0 Å². The van der Waals surface area contributed by atoms with Crippen LogP contribution in [-0.2, 0) is 16.1 Å². The van der Waals surface area contributed by atoms with Crippen molar-refractivity contribution in [1.82, 2.24) is 9.72 Å². The molecule has 0 N–H and O–H groups in total. The Morgan fingerprint density at radius 1 is 1.59 bits per heavy atom. The molecule has 0 spiro atoms. The second-order valence-electron chi connectivity index (χ2n) is 3.74. The van der Waals surface area contributed by atoms with Gasteiger partial charge in [-0.05, 0) is 13.3 Å². The molecular formula is C11H16N2O4. The lowest BCUT2D eigenvalue weighted by molar-refractivity contribution is -0.144. The van der Waals surface area contributed by atoms with Gasteiger partial charge in [-0.3, -0.25) is 13.9 Å². The van der Waals surface area contributed by atoms with Crippen molar-refractivity contribution in [3.05, 3.63) is 28.5 Å². The summed E-state index contributed by atoms with van der Waals surface area (Å²) in [4.78, 5) is 22.3. The van der Waals surface area contributed by atoms with Gasteiger partial charge < -0.3 is 4.74 Å². The van der Waals surface area contributed by atoms with Crippen molar-refractivity contribution in [1.29, 1.82) is 0 Å². The van der Waals surface area contributed by atoms with Crippen molar-refractivity contribution in [3.63, 3.8) is 0 Å². The summed E-state index contributed by atoms with van der Waals surface area (Å²) in [7, 11) is 1.36. The molecule has 0 fully saturated rings. The second-order valence-corrected chi connectivity index (χ2v) is 3.74. The quantitative estimate of drug-likeness (QED) is 0.564. The number of nitrogens with zero attached hydrogens (tertiary/aromatic N) is 2. The Morgan fingerprint density at radius 2 is 2.29 bits per heavy atom. The van der Waals surface area contributed by atoms with Crippen molar-refractivity contribution in [2.24, 2.45) is 5.92 Å². The highest BCUT2D eigenvalue weighted by Crippen LogP contribution is 2.04. The van der Waals surface area contributed by atoms with Gasteiger partial charge in [0.2, 0.25) is 0 Å². The fourth-order valence-corrected chi connectivity index (χ4v) is 1.32. The van der Waals surface area contributed by atoms with Crippen LogP contribution in [0.4, 0.5) is 0 Å². The lowest BCUT2D eigenvalue weighted by Gasteiger charge is -2.04. The molecule has 6 heteroatoms. The zero-order chi connectivity index (χ0) is 12.8. The van der Waals surface area contributed by atoms with E-state index in [4.69, 9.17) is 0 Å². The number of allylic oxidation sites excluding steroid dienone is 2. The van der Waals surface area contributed by atoms with Gasteiger partial charge in [0.05, 0.1) is 13.0 Å². The van der Waals surface area contributed by atoms with Gasteiger partial charge in [-0.15, -0.1) is 0 Å². The molecule has 1 atom stereocenters. The summed E-state index contributed by atoms with van der Waals surface area (Å²) in [5.74, 6) is -0.377. The Bertz CT molecular complexity index is 458. The van der Waals surface area contributed by atoms with Crippen molar-refractivity contribution >= 4 is 5.97 Å². The molecule has 0 bridgehead atoms. The maximum Gasteiger partial charge on any atom is 0.441 e. The average Bonchev–Trinajstić information content (AvgIpc) is 2.64. The fraction of sp³-hybridized carbons (Fsp3) is 0.545. The fourth-order valence-electron chi connectivity index (χ4n) is 1.32. The van der Waals surface area contributed by atoms with Crippen molar-refractivity contribution in [2.75, 3.05) is 7.11 Å². The zero-order valence-corrected chi connectivity index (χ0v) is 10.2. The number of carbonyl (C=O) groups is 1. The molecule has 0 aliphatic heterocycles. The molecule has 0 saturated heterocycles. The van der Waals surface area contributed by atoms with E-state index in [1.807, 2.05) is 6.08 Å². The van der Waals surface area contributed by atoms with Crippen LogP contribution in [0.1, 0.15) is 19.2 Å². The van der Waals surface area contributed by atoms with Gasteiger partial charge >= 0.3 is 11.7 Å². The summed E-state index contributed by atoms with van der Waals surface area (Å²) in [5.41, 5.74) is 0. The van der Waals surface area contributed by atoms with E-state index in [1.54, 1.807) is 19.9 Å². The van der Waals surface area contributed by atoms with Gasteiger partial charge in [-0.1, -0.05) is 24.2 Å². The monoisotopic (exact) mass is 240 g/mol. The standard InChI is InChI=1S/C11H16N2O4/c1-8(10(14)16-3)6-4-5-7-13-9(2)12-17-11(13)15/h4-5,8H,6-7H2,1-3H3/b5-4+/t8-/m1/s1. The van der Waals surface area contributed by atoms with Gasteiger partial charge in [-0.2, -0.15) is 0 Å². The molecule has 0 aliphatic carbocycles. The lowest BCUT2D eigenvalue weighted by atomic mass is 10.1. The summed E-state index contributed by atoms with van der Waals surface area (Å²) in [5, 5.41) is 3.54. The zero-order valence-electron chi connectivity index (χ0n) is 10.2. The molecule has 0 saturated carbocycles. The third-order valence-electron chi connectivity index (χ3n) is 2.41. The lowest BCUT2D eigenvalue weighted by Crippen LogP contribution is -2.15. The molecule has 0 unspecified atom stereocenters. The topological polar surface area (TPSA) is 74.3 Å². The van der Waals surface area contributed by atoms with Crippen molar-refractivity contribution < 1.29 is 14.1 Å². The normalized spacial score (nSPS) is 12.9. The SMILES string of the molecule is COC(=O)[C@H](C)C/C=C/Cn1c(C)noc1=O. The maximum atomic E-state index is 11.1. The summed E-state index contributed by atoms with van der Waals surface area (Å²) < 4.78 is 10.5. The van der Waals surface area contributed by atoms with Gasteiger partial charge in [0, 0.05) is 6.54 Å². The van der Waals surface area contributed by atoms with Gasteiger partial charge in [0.15, 0.2) is 5.82 Å². The molecule has 1 heterocycles. The Labute approximate surface area is 98.9 Å². The second kappa shape index (κ2) is 6.03. The van der Waals surface area contributed by atoms with Crippen LogP contribution in [0, 0.1) is 12.8 Å². The number of hydrogen-bond acceptors (Lipinski definition) is 5. The molecule has 0 amide bonds. The largest absolute Gasteiger partial charge is 0.469 e. The minimum Gasteiger partial charge on any atom is -0.469 e. The maximum absolute atomic E-state index is 11.1. The number of ether oxygens (including phenoxy) is 1. The van der Waals surface area contributed by atoms with Crippen LogP contribution < -0.4 is 5.76 Å². The Hall–Kier alpha value is -1.85. The van der Waals surface area contributed by atoms with Crippen molar-refractivity contribution in [3.8, 4) is 0 Å². The predicted octanol–water partition coefficient (Wildman–Crippen LogP) is 0.900. The molecule has 1 rings (SSSR count). The Kier molecular flexibility index (Phi) is 4.68. The first-order valence-electron chi connectivity index (χ1n) is 5.32. The van der Waals surface area contributed by atoms with Crippen LogP contribution in [-0.4, -0.2) is 22.8 Å². The molecule has 6 nitrogen and oxygen atoms in total. The van der Waals surface area contributed by atoms with Crippen LogP contribution in [0.25, 0.3) is 0 Å². The summed E-state index contributed by atoms with van der Waals surface area (Å²) in [6.07, 6.45) is 4.21. The number of rotatable bonds is 5. The van der Waals surface area contributed by atoms with E-state index in [-0.39, 0.29) is 11.9 Å². The first-order valence-corrected chi connectivity index (χ1v) is 5.32. The highest BCUT2D eigenvalue weighted by atomic mass is 16.5. The summed E-state index contributed by atoms with van der Waals surface area (Å²) >= 11 is 0. The number of methoxy groups -OCH3 is 1. The van der Waals surface area contributed by atoms with Gasteiger partial charge in [-0.25, -0.2) is 4.79 Å². The van der Waals surface area contributed by atoms with Crippen molar-refractivity contribution in [2.45, 2.75) is 26.8 Å². The average molecular weight is 240 g/mol. The van der Waals surface area contributed by atoms with E-state index in [9.17, 15) is 9.59 Å². The molecule has 17 heavy (non-hydrogen) atoms.